The van der Waals surface area contributed by atoms with Crippen LogP contribution in [0.1, 0.15) is 40.0 Å². The number of nitrogens with one attached hydrogen (secondary N) is 1. The van der Waals surface area contributed by atoms with Crippen LogP contribution < -0.4 is 9.03 Å². The highest BCUT2D eigenvalue weighted by molar-refractivity contribution is 7.92. The van der Waals surface area contributed by atoms with Crippen molar-refractivity contribution < 1.29 is 21.9 Å². The number of rotatable bonds is 6. The number of hydrogen-bond donors (Lipinski definition) is 2. The van der Waals surface area contributed by atoms with Gasteiger partial charge in [0.1, 0.15) is 0 Å². The van der Waals surface area contributed by atoms with E-state index in [2.05, 4.69) is 4.72 Å². The second-order valence-electron chi connectivity index (χ2n) is 7.66. The molecule has 1 saturated heterocycles. The normalized spacial score (nSPS) is 19.3. The predicted octanol–water partition coefficient (Wildman–Crippen LogP) is 1.69. The van der Waals surface area contributed by atoms with Gasteiger partial charge in [0.25, 0.3) is 0 Å². The molecule has 0 aliphatic carbocycles. The molecule has 148 valence electrons. The molecule has 1 fully saturated rings. The summed E-state index contributed by atoms with van der Waals surface area (Å²) >= 11 is 0. The number of aliphatic hydroxyl groups is 1. The van der Waals surface area contributed by atoms with Crippen molar-refractivity contribution >= 4 is 25.7 Å². The average molecular weight is 405 g/mol. The van der Waals surface area contributed by atoms with Crippen LogP contribution in [-0.2, 0) is 20.0 Å². The molecule has 0 saturated carbocycles. The van der Waals surface area contributed by atoms with Gasteiger partial charge in [-0.25, -0.2) is 21.6 Å². The molecular weight excluding hydrogens is 376 g/mol. The Labute approximate surface area is 156 Å². The molecule has 0 amide bonds. The zero-order chi connectivity index (χ0) is 19.6. The topological polar surface area (TPSA) is 104 Å². The third-order valence-electron chi connectivity index (χ3n) is 4.49. The summed E-state index contributed by atoms with van der Waals surface area (Å²) in [7, 11) is -7.03. The first-order valence-corrected chi connectivity index (χ1v) is 11.8. The predicted molar refractivity (Wildman–Crippen MR) is 102 cm³/mol. The molecule has 1 aliphatic rings. The third-order valence-corrected chi connectivity index (χ3v) is 7.84. The van der Waals surface area contributed by atoms with E-state index < -0.39 is 26.2 Å². The summed E-state index contributed by atoms with van der Waals surface area (Å²) in [6.45, 7) is 6.21. The Morgan fingerprint density at radius 2 is 1.81 bits per heavy atom. The molecule has 0 unspecified atom stereocenters. The highest BCUT2D eigenvalue weighted by Gasteiger charge is 2.26. The van der Waals surface area contributed by atoms with Crippen LogP contribution in [0.15, 0.2) is 29.2 Å². The third kappa shape index (κ3) is 5.18. The van der Waals surface area contributed by atoms with Gasteiger partial charge in [0.2, 0.25) is 20.0 Å². The molecular formula is C17H28N2O5S2. The summed E-state index contributed by atoms with van der Waals surface area (Å²) in [5.74, 6) is 0.116. The van der Waals surface area contributed by atoms with Crippen LogP contribution in [0.2, 0.25) is 0 Å². The van der Waals surface area contributed by atoms with Gasteiger partial charge in [-0.05, 0) is 48.9 Å². The van der Waals surface area contributed by atoms with E-state index >= 15 is 0 Å². The number of benzene rings is 1. The summed E-state index contributed by atoms with van der Waals surface area (Å²) in [6, 6.07) is 5.84. The second-order valence-corrected chi connectivity index (χ2v) is 11.4. The second kappa shape index (κ2) is 7.84. The van der Waals surface area contributed by atoms with Crippen molar-refractivity contribution in [3.05, 3.63) is 24.3 Å². The molecule has 1 aromatic rings. The number of sulfonamides is 2. The van der Waals surface area contributed by atoms with E-state index in [9.17, 15) is 21.9 Å². The molecule has 7 nitrogen and oxygen atoms in total. The van der Waals surface area contributed by atoms with Crippen molar-refractivity contribution in [2.24, 2.45) is 5.41 Å². The van der Waals surface area contributed by atoms with Gasteiger partial charge in [0.05, 0.1) is 22.4 Å². The fourth-order valence-electron chi connectivity index (χ4n) is 2.72. The zero-order valence-corrected chi connectivity index (χ0v) is 17.1. The minimum atomic E-state index is -3.71. The first kappa shape index (κ1) is 21.1. The first-order chi connectivity index (χ1) is 11.9. The van der Waals surface area contributed by atoms with Gasteiger partial charge < -0.3 is 5.11 Å². The highest BCUT2D eigenvalue weighted by Crippen LogP contribution is 2.25. The van der Waals surface area contributed by atoms with Crippen LogP contribution in [0.5, 0.6) is 0 Å². The molecule has 1 aromatic carbocycles. The van der Waals surface area contributed by atoms with Crippen molar-refractivity contribution in [3.63, 3.8) is 0 Å². The van der Waals surface area contributed by atoms with Gasteiger partial charge in [-0.2, -0.15) is 0 Å². The molecule has 2 N–H and O–H groups in total. The largest absolute Gasteiger partial charge is 0.393 e. The van der Waals surface area contributed by atoms with E-state index in [-0.39, 0.29) is 22.6 Å². The molecule has 0 aromatic heterocycles. The molecule has 0 bridgehead atoms. The van der Waals surface area contributed by atoms with Crippen LogP contribution in [0.3, 0.4) is 0 Å². The molecule has 26 heavy (non-hydrogen) atoms. The van der Waals surface area contributed by atoms with Crippen LogP contribution in [-0.4, -0.2) is 46.9 Å². The van der Waals surface area contributed by atoms with Gasteiger partial charge in [0, 0.05) is 13.1 Å². The standard InChI is InChI=1S/C17H28N2O5S2/c1-17(2,3)16(20)10-11-18-26(23,24)15-8-6-14(7-9-15)19-12-4-5-13-25(19,21)22/h6-9,16,18,20H,4-5,10-13H2,1-3H3/t16-/m1/s1. The zero-order valence-electron chi connectivity index (χ0n) is 15.5. The Balaban J connectivity index is 2.05. The average Bonchev–Trinajstić information content (AvgIpc) is 2.53. The van der Waals surface area contributed by atoms with Crippen molar-refractivity contribution in [2.75, 3.05) is 23.1 Å². The SMILES string of the molecule is CC(C)(C)[C@H](O)CCNS(=O)(=O)c1ccc(N2CCCCS2(=O)=O)cc1. The van der Waals surface area contributed by atoms with E-state index in [1.165, 1.54) is 28.6 Å². The van der Waals surface area contributed by atoms with Gasteiger partial charge >= 0.3 is 0 Å². The van der Waals surface area contributed by atoms with E-state index in [4.69, 9.17) is 0 Å². The van der Waals surface area contributed by atoms with E-state index in [0.29, 0.717) is 25.1 Å². The number of aliphatic hydroxyl groups excluding tert-OH is 1. The highest BCUT2D eigenvalue weighted by atomic mass is 32.2. The van der Waals surface area contributed by atoms with Crippen LogP contribution >= 0.6 is 0 Å². The van der Waals surface area contributed by atoms with Crippen LogP contribution in [0.25, 0.3) is 0 Å². The summed E-state index contributed by atoms with van der Waals surface area (Å²) in [5.41, 5.74) is 0.166. The number of anilines is 1. The molecule has 1 aliphatic heterocycles. The van der Waals surface area contributed by atoms with E-state index in [1.807, 2.05) is 20.8 Å². The minimum absolute atomic E-state index is 0.0703. The van der Waals surface area contributed by atoms with Gasteiger partial charge in [-0.3, -0.25) is 4.31 Å². The van der Waals surface area contributed by atoms with Gasteiger partial charge in [-0.15, -0.1) is 0 Å². The summed E-state index contributed by atoms with van der Waals surface area (Å²) < 4.78 is 52.8. The Morgan fingerprint density at radius 1 is 1.19 bits per heavy atom. The fourth-order valence-corrected chi connectivity index (χ4v) is 5.40. The van der Waals surface area contributed by atoms with Crippen molar-refractivity contribution in [3.8, 4) is 0 Å². The lowest BCUT2D eigenvalue weighted by molar-refractivity contribution is 0.0571. The lowest BCUT2D eigenvalue weighted by atomic mass is 9.87. The molecule has 0 spiro atoms. The van der Waals surface area contributed by atoms with Gasteiger partial charge in [-0.1, -0.05) is 20.8 Å². The Hall–Kier alpha value is -1.16. The molecule has 1 atom stereocenters. The minimum Gasteiger partial charge on any atom is -0.393 e. The van der Waals surface area contributed by atoms with Crippen LogP contribution in [0, 0.1) is 5.41 Å². The monoisotopic (exact) mass is 404 g/mol. The van der Waals surface area contributed by atoms with Gasteiger partial charge in [0.15, 0.2) is 0 Å². The van der Waals surface area contributed by atoms with Crippen molar-refractivity contribution in [1.82, 2.24) is 4.72 Å². The summed E-state index contributed by atoms with van der Waals surface area (Å²) in [4.78, 5) is 0.0703. The lowest BCUT2D eigenvalue weighted by Gasteiger charge is -2.28. The molecule has 2 rings (SSSR count). The van der Waals surface area contributed by atoms with Crippen molar-refractivity contribution in [2.45, 2.75) is 51.0 Å². The molecule has 0 radical (unpaired) electrons. The molecule has 1 heterocycles. The Bertz CT molecular complexity index is 812. The summed E-state index contributed by atoms with van der Waals surface area (Å²) in [6.07, 6.45) is 1.14. The van der Waals surface area contributed by atoms with Crippen molar-refractivity contribution in [1.29, 1.82) is 0 Å². The van der Waals surface area contributed by atoms with Crippen LogP contribution in [0.4, 0.5) is 5.69 Å². The first-order valence-electron chi connectivity index (χ1n) is 8.72. The summed E-state index contributed by atoms with van der Waals surface area (Å²) in [5, 5.41) is 9.99. The number of hydrogen-bond acceptors (Lipinski definition) is 5. The smallest absolute Gasteiger partial charge is 0.240 e. The maximum absolute atomic E-state index is 12.4. The quantitative estimate of drug-likeness (QED) is 0.751. The number of nitrogens with zero attached hydrogens (tertiary/aromatic N) is 1. The lowest BCUT2D eigenvalue weighted by Crippen LogP contribution is -2.37. The fraction of sp³-hybridized carbons (Fsp3) is 0.647. The maximum atomic E-state index is 12.4. The molecule has 9 heteroatoms. The maximum Gasteiger partial charge on any atom is 0.240 e. The van der Waals surface area contributed by atoms with E-state index in [0.717, 1.165) is 6.42 Å². The Morgan fingerprint density at radius 3 is 2.35 bits per heavy atom. The Kier molecular flexibility index (Phi) is 6.37. The van der Waals surface area contributed by atoms with E-state index in [1.54, 1.807) is 0 Å².